The molecule has 1 aliphatic rings. The van der Waals surface area contributed by atoms with Gasteiger partial charge in [0.1, 0.15) is 0 Å². The van der Waals surface area contributed by atoms with E-state index in [1.165, 1.54) is 24.3 Å². The largest absolute Gasteiger partial charge is 0.315 e. The van der Waals surface area contributed by atoms with Gasteiger partial charge in [-0.15, -0.1) is 11.3 Å². The molecule has 17 heavy (non-hydrogen) atoms. The first-order chi connectivity index (χ1) is 8.20. The van der Waals surface area contributed by atoms with Gasteiger partial charge in [0.2, 0.25) is 0 Å². The number of hydrogen-bond donors (Lipinski definition) is 1. The van der Waals surface area contributed by atoms with Gasteiger partial charge in [0, 0.05) is 23.5 Å². The number of rotatable bonds is 4. The molecule has 3 heteroatoms. The van der Waals surface area contributed by atoms with Crippen LogP contribution in [0.25, 0.3) is 0 Å². The lowest BCUT2D eigenvalue weighted by Gasteiger charge is -2.39. The summed E-state index contributed by atoms with van der Waals surface area (Å²) in [5.41, 5.74) is 0. The van der Waals surface area contributed by atoms with Gasteiger partial charge in [0.15, 0.2) is 0 Å². The van der Waals surface area contributed by atoms with E-state index in [4.69, 9.17) is 0 Å². The van der Waals surface area contributed by atoms with Crippen LogP contribution in [0.4, 0.5) is 0 Å². The molecule has 0 amide bonds. The summed E-state index contributed by atoms with van der Waals surface area (Å²) < 4.78 is 0. The molecule has 0 aromatic carbocycles. The third kappa shape index (κ3) is 3.09. The molecule has 0 radical (unpaired) electrons. The van der Waals surface area contributed by atoms with Crippen molar-refractivity contribution in [3.8, 4) is 0 Å². The van der Waals surface area contributed by atoms with Crippen LogP contribution in [-0.4, -0.2) is 31.1 Å². The Labute approximate surface area is 109 Å². The maximum absolute atomic E-state index is 3.52. The lowest BCUT2D eigenvalue weighted by Crippen LogP contribution is -2.46. The van der Waals surface area contributed by atoms with Crippen LogP contribution in [0, 0.1) is 5.92 Å². The lowest BCUT2D eigenvalue weighted by atomic mass is 9.97. The van der Waals surface area contributed by atoms with E-state index in [-0.39, 0.29) is 0 Å². The fourth-order valence-corrected chi connectivity index (χ4v) is 3.92. The second kappa shape index (κ2) is 5.98. The van der Waals surface area contributed by atoms with Gasteiger partial charge in [-0.2, -0.15) is 0 Å². The Bertz CT molecular complexity index is 315. The van der Waals surface area contributed by atoms with Crippen molar-refractivity contribution < 1.29 is 0 Å². The molecule has 1 aromatic heterocycles. The van der Waals surface area contributed by atoms with E-state index in [0.717, 1.165) is 6.54 Å². The van der Waals surface area contributed by atoms with Crippen LogP contribution in [0.2, 0.25) is 0 Å². The van der Waals surface area contributed by atoms with Crippen molar-refractivity contribution in [3.05, 3.63) is 22.4 Å². The van der Waals surface area contributed by atoms with Crippen molar-refractivity contribution in [2.24, 2.45) is 5.92 Å². The number of hydrogen-bond acceptors (Lipinski definition) is 3. The van der Waals surface area contributed by atoms with Gasteiger partial charge in [-0.3, -0.25) is 4.90 Å². The number of thiophene rings is 1. The van der Waals surface area contributed by atoms with Gasteiger partial charge >= 0.3 is 0 Å². The molecule has 2 nitrogen and oxygen atoms in total. The molecule has 1 N–H and O–H groups in total. The standard InChI is InChI=1S/C14H24N2S/c1-11(2)14(13-7-5-9-17-13)16(3)12-6-4-8-15-10-12/h5,7,9,11-12,14-15H,4,6,8,10H2,1-3H3. The highest BCUT2D eigenvalue weighted by molar-refractivity contribution is 7.10. The molecule has 2 rings (SSSR count). The summed E-state index contributed by atoms with van der Waals surface area (Å²) in [7, 11) is 2.29. The fraction of sp³-hybridized carbons (Fsp3) is 0.714. The molecular weight excluding hydrogens is 228 g/mol. The lowest BCUT2D eigenvalue weighted by molar-refractivity contribution is 0.118. The van der Waals surface area contributed by atoms with E-state index in [0.29, 0.717) is 18.0 Å². The maximum Gasteiger partial charge on any atom is 0.0464 e. The average Bonchev–Trinajstić information content (AvgIpc) is 2.83. The first-order valence-electron chi connectivity index (χ1n) is 6.66. The third-order valence-corrected chi connectivity index (χ3v) is 4.69. The minimum atomic E-state index is 0.569. The second-order valence-corrected chi connectivity index (χ2v) is 6.35. The Hall–Kier alpha value is -0.380. The van der Waals surface area contributed by atoms with Crippen LogP contribution in [0.3, 0.4) is 0 Å². The van der Waals surface area contributed by atoms with Crippen molar-refractivity contribution in [1.82, 2.24) is 10.2 Å². The summed E-state index contributed by atoms with van der Waals surface area (Å²) in [5.74, 6) is 0.667. The molecule has 0 bridgehead atoms. The molecule has 1 fully saturated rings. The highest BCUT2D eigenvalue weighted by Crippen LogP contribution is 2.33. The van der Waals surface area contributed by atoms with Crippen LogP contribution in [0.1, 0.15) is 37.6 Å². The summed E-state index contributed by atoms with van der Waals surface area (Å²) in [5, 5.41) is 5.71. The zero-order chi connectivity index (χ0) is 12.3. The first-order valence-corrected chi connectivity index (χ1v) is 7.54. The highest BCUT2D eigenvalue weighted by Gasteiger charge is 2.28. The van der Waals surface area contributed by atoms with Gasteiger partial charge in [-0.05, 0) is 43.8 Å². The molecule has 0 saturated carbocycles. The fourth-order valence-electron chi connectivity index (χ4n) is 2.87. The van der Waals surface area contributed by atoms with Gasteiger partial charge in [0.25, 0.3) is 0 Å². The van der Waals surface area contributed by atoms with E-state index in [2.05, 4.69) is 48.6 Å². The molecule has 2 atom stereocenters. The molecule has 1 aromatic rings. The molecule has 0 aliphatic carbocycles. The van der Waals surface area contributed by atoms with Crippen molar-refractivity contribution in [3.63, 3.8) is 0 Å². The monoisotopic (exact) mass is 252 g/mol. The Balaban J connectivity index is 2.10. The zero-order valence-electron chi connectivity index (χ0n) is 11.1. The Morgan fingerprint density at radius 2 is 2.29 bits per heavy atom. The van der Waals surface area contributed by atoms with Crippen LogP contribution >= 0.6 is 11.3 Å². The van der Waals surface area contributed by atoms with Crippen molar-refractivity contribution in [1.29, 1.82) is 0 Å². The quantitative estimate of drug-likeness (QED) is 0.885. The first kappa shape index (κ1) is 13.1. The Morgan fingerprint density at radius 3 is 2.82 bits per heavy atom. The van der Waals surface area contributed by atoms with Gasteiger partial charge in [0.05, 0.1) is 0 Å². The summed E-state index contributed by atoms with van der Waals surface area (Å²) in [6, 6.07) is 5.71. The average molecular weight is 252 g/mol. The van der Waals surface area contributed by atoms with Crippen LogP contribution in [0.15, 0.2) is 17.5 Å². The highest BCUT2D eigenvalue weighted by atomic mass is 32.1. The minimum absolute atomic E-state index is 0.569. The predicted octanol–water partition coefficient (Wildman–Crippen LogP) is 3.13. The van der Waals surface area contributed by atoms with Crippen LogP contribution < -0.4 is 5.32 Å². The molecule has 2 heterocycles. The number of likely N-dealkylation sites (N-methyl/N-ethyl adjacent to an activating group) is 1. The van der Waals surface area contributed by atoms with E-state index in [9.17, 15) is 0 Å². The molecular formula is C14H24N2S. The SMILES string of the molecule is CC(C)C(c1cccs1)N(C)C1CCCNC1. The van der Waals surface area contributed by atoms with Gasteiger partial charge in [-0.25, -0.2) is 0 Å². The van der Waals surface area contributed by atoms with Crippen molar-refractivity contribution >= 4 is 11.3 Å². The van der Waals surface area contributed by atoms with Gasteiger partial charge < -0.3 is 5.32 Å². The Morgan fingerprint density at radius 1 is 1.47 bits per heavy atom. The molecule has 0 spiro atoms. The van der Waals surface area contributed by atoms with E-state index in [1.54, 1.807) is 0 Å². The van der Waals surface area contributed by atoms with Gasteiger partial charge in [-0.1, -0.05) is 19.9 Å². The van der Waals surface area contributed by atoms with Crippen molar-refractivity contribution in [2.45, 2.75) is 38.8 Å². The molecule has 96 valence electrons. The second-order valence-electron chi connectivity index (χ2n) is 5.37. The zero-order valence-corrected chi connectivity index (χ0v) is 12.0. The third-order valence-electron chi connectivity index (χ3n) is 3.75. The summed E-state index contributed by atoms with van der Waals surface area (Å²) >= 11 is 1.89. The van der Waals surface area contributed by atoms with E-state index >= 15 is 0 Å². The molecule has 2 unspecified atom stereocenters. The summed E-state index contributed by atoms with van der Waals surface area (Å²) in [4.78, 5) is 4.09. The van der Waals surface area contributed by atoms with E-state index < -0.39 is 0 Å². The maximum atomic E-state index is 3.52. The van der Waals surface area contributed by atoms with E-state index in [1.807, 2.05) is 11.3 Å². The van der Waals surface area contributed by atoms with Crippen LogP contribution in [0.5, 0.6) is 0 Å². The minimum Gasteiger partial charge on any atom is -0.315 e. The number of nitrogens with zero attached hydrogens (tertiary/aromatic N) is 1. The number of piperidine rings is 1. The van der Waals surface area contributed by atoms with Crippen LogP contribution in [-0.2, 0) is 0 Å². The molecule has 1 saturated heterocycles. The summed E-state index contributed by atoms with van der Waals surface area (Å²) in [6.45, 7) is 7.00. The predicted molar refractivity (Wildman–Crippen MR) is 75.6 cm³/mol. The summed E-state index contributed by atoms with van der Waals surface area (Å²) in [6.07, 6.45) is 2.64. The van der Waals surface area contributed by atoms with Crippen molar-refractivity contribution in [2.75, 3.05) is 20.1 Å². The smallest absolute Gasteiger partial charge is 0.0464 e. The number of nitrogens with one attached hydrogen (secondary N) is 1. The topological polar surface area (TPSA) is 15.3 Å². The normalized spacial score (nSPS) is 23.2. The molecule has 1 aliphatic heterocycles. The Kier molecular flexibility index (Phi) is 4.60.